The van der Waals surface area contributed by atoms with Crippen molar-refractivity contribution in [2.24, 2.45) is 5.73 Å². The number of halogens is 1. The van der Waals surface area contributed by atoms with E-state index >= 15 is 0 Å². The van der Waals surface area contributed by atoms with Gasteiger partial charge >= 0.3 is 0 Å². The predicted octanol–water partition coefficient (Wildman–Crippen LogP) is 1.91. The molecule has 2 N–H and O–H groups in total. The molecule has 2 heteroatoms. The molecule has 1 aliphatic heterocycles. The molecule has 1 rings (SSSR count). The minimum Gasteiger partial charge on any atom is -0.398 e. The molecule has 1 aliphatic rings. The van der Waals surface area contributed by atoms with E-state index in [9.17, 15) is 0 Å². The van der Waals surface area contributed by atoms with Gasteiger partial charge < -0.3 is 5.73 Å². The fraction of sp³-hybridized carbons (Fsp3) is 0.286. The zero-order valence-corrected chi connectivity index (χ0v) is 7.77. The van der Waals surface area contributed by atoms with Crippen LogP contribution in [0.25, 0.3) is 0 Å². The van der Waals surface area contributed by atoms with Crippen molar-refractivity contribution < 1.29 is 0 Å². The SMILES string of the molecule is CC1=C(C)C(N)=CC=I1. The molecule has 0 saturated heterocycles. The Morgan fingerprint density at radius 1 is 1.44 bits per heavy atom. The van der Waals surface area contributed by atoms with Crippen LogP contribution in [-0.2, 0) is 0 Å². The lowest BCUT2D eigenvalue weighted by atomic mass is 10.2. The Kier molecular flexibility index (Phi) is 2.05. The van der Waals surface area contributed by atoms with Crippen LogP contribution in [-0.4, -0.2) is 4.01 Å². The second-order valence-electron chi connectivity index (χ2n) is 2.02. The normalized spacial score (nSPS) is 19.1. The van der Waals surface area contributed by atoms with Crippen LogP contribution in [0.3, 0.4) is 0 Å². The molecule has 0 fully saturated rings. The van der Waals surface area contributed by atoms with Gasteiger partial charge in [-0.2, -0.15) is 0 Å². The summed E-state index contributed by atoms with van der Waals surface area (Å²) in [5, 5.41) is 0. The third-order valence-electron chi connectivity index (χ3n) is 1.42. The van der Waals surface area contributed by atoms with Gasteiger partial charge in [0.05, 0.1) is 0 Å². The Balaban J connectivity index is 3.06. The smallest absolute Gasteiger partial charge is 0.0355 e. The molecule has 0 saturated carbocycles. The second kappa shape index (κ2) is 2.64. The minimum atomic E-state index is 0.183. The Morgan fingerprint density at radius 2 is 2.11 bits per heavy atom. The quantitative estimate of drug-likeness (QED) is 0.637. The maximum Gasteiger partial charge on any atom is 0.0355 e. The summed E-state index contributed by atoms with van der Waals surface area (Å²) in [5.74, 6) is 0. The topological polar surface area (TPSA) is 26.0 Å². The Bertz CT molecular complexity index is 211. The van der Waals surface area contributed by atoms with Crippen LogP contribution in [0, 0.1) is 0 Å². The van der Waals surface area contributed by atoms with E-state index in [4.69, 9.17) is 5.73 Å². The van der Waals surface area contributed by atoms with Gasteiger partial charge in [-0.25, -0.2) is 0 Å². The third kappa shape index (κ3) is 1.41. The van der Waals surface area contributed by atoms with Crippen molar-refractivity contribution in [2.75, 3.05) is 0 Å². The summed E-state index contributed by atoms with van der Waals surface area (Å²) < 4.78 is 3.70. The average molecular weight is 235 g/mol. The molecule has 0 atom stereocenters. The summed E-state index contributed by atoms with van der Waals surface area (Å²) in [5.41, 5.74) is 7.90. The summed E-state index contributed by atoms with van der Waals surface area (Å²) in [7, 11) is 0. The fourth-order valence-corrected chi connectivity index (χ4v) is 2.48. The largest absolute Gasteiger partial charge is 0.398 e. The van der Waals surface area contributed by atoms with Gasteiger partial charge in [0.15, 0.2) is 0 Å². The van der Waals surface area contributed by atoms with Crippen molar-refractivity contribution >= 4 is 24.7 Å². The first-order valence-electron chi connectivity index (χ1n) is 2.82. The molecule has 0 unspecified atom stereocenters. The van der Waals surface area contributed by atoms with E-state index < -0.39 is 0 Å². The number of nitrogens with two attached hydrogens (primary N) is 1. The van der Waals surface area contributed by atoms with Crippen molar-refractivity contribution in [3.8, 4) is 0 Å². The van der Waals surface area contributed by atoms with Crippen LogP contribution in [0.15, 0.2) is 20.9 Å². The molecule has 0 amide bonds. The molecule has 50 valence electrons. The minimum absolute atomic E-state index is 0.183. The monoisotopic (exact) mass is 235 g/mol. The first-order chi connectivity index (χ1) is 4.22. The van der Waals surface area contributed by atoms with Gasteiger partial charge in [0, 0.05) is 5.70 Å². The highest BCUT2D eigenvalue weighted by Gasteiger charge is 1.99. The summed E-state index contributed by atoms with van der Waals surface area (Å²) in [4.78, 5) is 0. The summed E-state index contributed by atoms with van der Waals surface area (Å²) in [6, 6.07) is 0. The van der Waals surface area contributed by atoms with Crippen molar-refractivity contribution in [2.45, 2.75) is 13.8 Å². The lowest BCUT2D eigenvalue weighted by Gasteiger charge is -2.06. The van der Waals surface area contributed by atoms with Crippen molar-refractivity contribution in [3.63, 3.8) is 0 Å². The number of allylic oxidation sites excluding steroid dienone is 3. The van der Waals surface area contributed by atoms with Crippen LogP contribution in [0.1, 0.15) is 13.8 Å². The van der Waals surface area contributed by atoms with Crippen LogP contribution in [0.2, 0.25) is 0 Å². The molecule has 0 aromatic rings. The van der Waals surface area contributed by atoms with Gasteiger partial charge in [0.25, 0.3) is 0 Å². The Hall–Kier alpha value is -0.120. The highest BCUT2D eigenvalue weighted by Crippen LogP contribution is 2.23. The molecule has 0 aromatic carbocycles. The highest BCUT2D eigenvalue weighted by atomic mass is 127. The molecule has 0 spiro atoms. The molecular formula is C7H10IN. The standard InChI is InChI=1S/C7H10IN/c1-5-6(2)8-4-3-7(5)9/h3-4H,9H2,1-2H3. The average Bonchev–Trinajstić information content (AvgIpc) is 1.83. The highest BCUT2D eigenvalue weighted by molar-refractivity contribution is 14.2. The molecule has 0 aliphatic carbocycles. The van der Waals surface area contributed by atoms with Gasteiger partial charge in [-0.3, -0.25) is 0 Å². The zero-order chi connectivity index (χ0) is 6.85. The van der Waals surface area contributed by atoms with Crippen molar-refractivity contribution in [3.05, 3.63) is 20.9 Å². The summed E-state index contributed by atoms with van der Waals surface area (Å²) >= 11 is 0.183. The van der Waals surface area contributed by atoms with E-state index in [1.54, 1.807) is 0 Å². The van der Waals surface area contributed by atoms with Crippen LogP contribution < -0.4 is 5.73 Å². The fourth-order valence-electron chi connectivity index (χ4n) is 0.600. The van der Waals surface area contributed by atoms with Gasteiger partial charge in [0.2, 0.25) is 0 Å². The van der Waals surface area contributed by atoms with E-state index in [2.05, 4.69) is 17.9 Å². The number of hydrogen-bond donors (Lipinski definition) is 1. The maximum absolute atomic E-state index is 5.66. The maximum atomic E-state index is 5.66. The van der Waals surface area contributed by atoms with E-state index in [-0.39, 0.29) is 20.7 Å². The number of rotatable bonds is 0. The van der Waals surface area contributed by atoms with Gasteiger partial charge in [-0.15, -0.1) is 0 Å². The van der Waals surface area contributed by atoms with Gasteiger partial charge in [0.1, 0.15) is 0 Å². The van der Waals surface area contributed by atoms with Crippen LogP contribution >= 0.6 is 20.7 Å². The van der Waals surface area contributed by atoms with E-state index in [1.807, 2.05) is 6.08 Å². The number of hydrogen-bond acceptors (Lipinski definition) is 1. The first kappa shape index (κ1) is 6.99. The van der Waals surface area contributed by atoms with E-state index in [1.165, 1.54) is 9.15 Å². The first-order valence-corrected chi connectivity index (χ1v) is 5.14. The zero-order valence-electron chi connectivity index (χ0n) is 5.61. The Morgan fingerprint density at radius 3 is 2.56 bits per heavy atom. The molecule has 1 nitrogen and oxygen atoms in total. The molecule has 1 heterocycles. The van der Waals surface area contributed by atoms with Crippen LogP contribution in [0.5, 0.6) is 0 Å². The molecule has 0 radical (unpaired) electrons. The third-order valence-corrected chi connectivity index (χ3v) is 3.88. The van der Waals surface area contributed by atoms with Crippen LogP contribution in [0.4, 0.5) is 0 Å². The molecule has 0 bridgehead atoms. The lowest BCUT2D eigenvalue weighted by molar-refractivity contribution is 1.28. The van der Waals surface area contributed by atoms with Crippen molar-refractivity contribution in [1.82, 2.24) is 0 Å². The van der Waals surface area contributed by atoms with E-state index in [0.29, 0.717) is 0 Å². The Labute approximate surface area is 65.4 Å². The van der Waals surface area contributed by atoms with Crippen molar-refractivity contribution in [1.29, 1.82) is 0 Å². The molecule has 9 heavy (non-hydrogen) atoms. The van der Waals surface area contributed by atoms with Gasteiger partial charge in [-0.05, 0) is 33.1 Å². The molecule has 0 aromatic heterocycles. The van der Waals surface area contributed by atoms with E-state index in [0.717, 1.165) is 5.70 Å². The second-order valence-corrected chi connectivity index (χ2v) is 4.98. The summed E-state index contributed by atoms with van der Waals surface area (Å²) in [6.07, 6.45) is 2.02. The lowest BCUT2D eigenvalue weighted by Crippen LogP contribution is -2.01. The predicted molar refractivity (Wildman–Crippen MR) is 50.7 cm³/mol. The van der Waals surface area contributed by atoms with Gasteiger partial charge in [-0.1, -0.05) is 20.7 Å². The summed E-state index contributed by atoms with van der Waals surface area (Å²) in [6.45, 7) is 4.26. The molecular weight excluding hydrogens is 225 g/mol.